The minimum atomic E-state index is -1.58. The Labute approximate surface area is 128 Å². The molecule has 0 N–H and O–H groups in total. The largest absolute Gasteiger partial charge is 0.295 e. The summed E-state index contributed by atoms with van der Waals surface area (Å²) < 4.78 is 0. The minimum Gasteiger partial charge on any atom is -0.295 e. The zero-order chi connectivity index (χ0) is 15.2. The van der Waals surface area contributed by atoms with Gasteiger partial charge in [-0.15, -0.1) is 6.58 Å². The van der Waals surface area contributed by atoms with Gasteiger partial charge in [0.05, 0.1) is 8.07 Å². The highest BCUT2D eigenvalue weighted by atomic mass is 28.3. The van der Waals surface area contributed by atoms with E-state index >= 15 is 0 Å². The molecule has 0 fully saturated rings. The Morgan fingerprint density at radius 1 is 1.14 bits per heavy atom. The Hall–Kier alpha value is -1.41. The van der Waals surface area contributed by atoms with E-state index < -0.39 is 8.07 Å². The molecular formula is C19H24OSi. The molecule has 0 saturated carbocycles. The lowest BCUT2D eigenvalue weighted by Gasteiger charge is -2.36. The number of Topliss-reactive ketones (excluding diaryl/α,β-unsaturated/α-hetero) is 1. The molecule has 1 aromatic carbocycles. The second-order valence-corrected chi connectivity index (χ2v) is 12.5. The summed E-state index contributed by atoms with van der Waals surface area (Å²) in [5, 5.41) is 1.16. The number of benzene rings is 1. The second kappa shape index (κ2) is 5.10. The molecule has 3 rings (SSSR count). The van der Waals surface area contributed by atoms with Crippen LogP contribution in [0, 0.1) is 17.8 Å². The first-order valence-electron chi connectivity index (χ1n) is 7.87. The van der Waals surface area contributed by atoms with Crippen LogP contribution in [0.3, 0.4) is 0 Å². The smallest absolute Gasteiger partial charge is 0.158 e. The van der Waals surface area contributed by atoms with Crippen LogP contribution in [0.5, 0.6) is 0 Å². The van der Waals surface area contributed by atoms with Crippen molar-refractivity contribution >= 4 is 13.9 Å². The van der Waals surface area contributed by atoms with Crippen molar-refractivity contribution in [1.29, 1.82) is 0 Å². The molecule has 110 valence electrons. The molecule has 0 aromatic heterocycles. The summed E-state index contributed by atoms with van der Waals surface area (Å²) in [4.78, 5) is 13.0. The van der Waals surface area contributed by atoms with Gasteiger partial charge in [0, 0.05) is 5.92 Å². The zero-order valence-corrected chi connectivity index (χ0v) is 14.2. The molecule has 2 heteroatoms. The summed E-state index contributed by atoms with van der Waals surface area (Å²) in [6.45, 7) is 10.9. The first kappa shape index (κ1) is 14.5. The van der Waals surface area contributed by atoms with E-state index in [1.54, 1.807) is 0 Å². The van der Waals surface area contributed by atoms with E-state index in [0.717, 1.165) is 18.0 Å². The fraction of sp³-hybridized carbons (Fsp3) is 0.421. The van der Waals surface area contributed by atoms with Crippen LogP contribution in [-0.2, 0) is 17.6 Å². The van der Waals surface area contributed by atoms with Gasteiger partial charge < -0.3 is 0 Å². The molecule has 0 heterocycles. The summed E-state index contributed by atoms with van der Waals surface area (Å²) in [5.41, 5.74) is 2.77. The Kier molecular flexibility index (Phi) is 3.52. The van der Waals surface area contributed by atoms with Crippen molar-refractivity contribution in [2.75, 3.05) is 0 Å². The average molecular weight is 296 g/mol. The Morgan fingerprint density at radius 3 is 2.33 bits per heavy atom. The molecular weight excluding hydrogens is 272 g/mol. The maximum Gasteiger partial charge on any atom is 0.158 e. The van der Waals surface area contributed by atoms with E-state index in [4.69, 9.17) is 0 Å². The van der Waals surface area contributed by atoms with Crippen molar-refractivity contribution in [3.63, 3.8) is 0 Å². The van der Waals surface area contributed by atoms with Gasteiger partial charge in [-0.1, -0.05) is 56.1 Å². The van der Waals surface area contributed by atoms with Crippen molar-refractivity contribution in [2.24, 2.45) is 17.8 Å². The first-order chi connectivity index (χ1) is 9.91. The maximum absolute atomic E-state index is 13.0. The second-order valence-electron chi connectivity index (χ2n) is 7.45. The van der Waals surface area contributed by atoms with Crippen LogP contribution in [0.2, 0.25) is 19.6 Å². The van der Waals surface area contributed by atoms with E-state index in [9.17, 15) is 4.79 Å². The Morgan fingerprint density at radius 2 is 1.76 bits per heavy atom. The lowest BCUT2D eigenvalue weighted by atomic mass is 9.74. The molecule has 2 aliphatic rings. The van der Waals surface area contributed by atoms with Gasteiger partial charge in [-0.25, -0.2) is 0 Å². The molecule has 21 heavy (non-hydrogen) atoms. The number of carbonyl (C=O) groups is 1. The van der Waals surface area contributed by atoms with Gasteiger partial charge in [-0.05, 0) is 41.0 Å². The van der Waals surface area contributed by atoms with Crippen molar-refractivity contribution in [1.82, 2.24) is 0 Å². The number of carbonyl (C=O) groups excluding carboxylic acids is 1. The molecule has 2 aliphatic carbocycles. The molecule has 0 amide bonds. The number of hydrogen-bond acceptors (Lipinski definition) is 1. The van der Waals surface area contributed by atoms with E-state index in [0.29, 0.717) is 17.6 Å². The van der Waals surface area contributed by atoms with Gasteiger partial charge in [0.15, 0.2) is 5.78 Å². The Balaban J connectivity index is 2.11. The summed E-state index contributed by atoms with van der Waals surface area (Å²) in [7, 11) is -1.58. The molecule has 2 bridgehead atoms. The predicted molar refractivity (Wildman–Crippen MR) is 91.0 cm³/mol. The quantitative estimate of drug-likeness (QED) is 0.590. The van der Waals surface area contributed by atoms with Crippen LogP contribution in [0.1, 0.15) is 11.1 Å². The lowest BCUT2D eigenvalue weighted by molar-refractivity contribution is -0.120. The van der Waals surface area contributed by atoms with Gasteiger partial charge in [0.1, 0.15) is 0 Å². The van der Waals surface area contributed by atoms with Crippen LogP contribution < -0.4 is 0 Å². The number of allylic oxidation sites excluding steroid dienone is 3. The van der Waals surface area contributed by atoms with Crippen molar-refractivity contribution in [3.05, 3.63) is 59.3 Å². The molecule has 3 atom stereocenters. The average Bonchev–Trinajstić information content (AvgIpc) is 2.54. The molecule has 0 saturated heterocycles. The number of hydrogen-bond donors (Lipinski definition) is 0. The third-order valence-corrected chi connectivity index (χ3v) is 7.07. The molecule has 0 aliphatic heterocycles. The maximum atomic E-state index is 13.0. The zero-order valence-electron chi connectivity index (χ0n) is 13.2. The van der Waals surface area contributed by atoms with Crippen LogP contribution in [-0.4, -0.2) is 13.9 Å². The molecule has 0 spiro atoms. The lowest BCUT2D eigenvalue weighted by Crippen LogP contribution is -2.41. The van der Waals surface area contributed by atoms with Crippen molar-refractivity contribution in [2.45, 2.75) is 32.5 Å². The van der Waals surface area contributed by atoms with Gasteiger partial charge >= 0.3 is 0 Å². The number of rotatable bonds is 2. The number of ketones is 1. The summed E-state index contributed by atoms with van der Waals surface area (Å²) in [6, 6.07) is 8.62. The Bertz CT molecular complexity index is 621. The molecule has 0 radical (unpaired) electrons. The topological polar surface area (TPSA) is 17.1 Å². The van der Waals surface area contributed by atoms with E-state index in [2.05, 4.69) is 56.6 Å². The van der Waals surface area contributed by atoms with Crippen LogP contribution in [0.15, 0.2) is 48.2 Å². The fourth-order valence-electron chi connectivity index (χ4n) is 3.91. The summed E-state index contributed by atoms with van der Waals surface area (Å²) >= 11 is 0. The van der Waals surface area contributed by atoms with Crippen LogP contribution in [0.4, 0.5) is 0 Å². The summed E-state index contributed by atoms with van der Waals surface area (Å²) in [5.74, 6) is 1.23. The molecule has 0 unspecified atom stereocenters. The van der Waals surface area contributed by atoms with E-state index in [1.807, 2.05) is 6.08 Å². The van der Waals surface area contributed by atoms with Gasteiger partial charge in [-0.3, -0.25) is 4.79 Å². The van der Waals surface area contributed by atoms with Crippen molar-refractivity contribution in [3.8, 4) is 0 Å². The molecule has 1 nitrogen and oxygen atoms in total. The number of fused-ring (bicyclic) bond motifs is 3. The van der Waals surface area contributed by atoms with Crippen molar-refractivity contribution < 1.29 is 4.79 Å². The third-order valence-electron chi connectivity index (χ3n) is 5.04. The van der Waals surface area contributed by atoms with E-state index in [1.165, 1.54) is 11.1 Å². The first-order valence-corrected chi connectivity index (χ1v) is 11.4. The van der Waals surface area contributed by atoms with E-state index in [-0.39, 0.29) is 5.92 Å². The highest BCUT2D eigenvalue weighted by molar-refractivity contribution is 6.87. The fourth-order valence-corrected chi connectivity index (χ4v) is 5.55. The summed E-state index contributed by atoms with van der Waals surface area (Å²) in [6.07, 6.45) is 6.25. The highest BCUT2D eigenvalue weighted by Gasteiger charge is 2.43. The van der Waals surface area contributed by atoms with Crippen LogP contribution >= 0.6 is 0 Å². The van der Waals surface area contributed by atoms with Crippen LogP contribution in [0.25, 0.3) is 0 Å². The normalized spacial score (nSPS) is 28.4. The molecule has 1 aromatic rings. The van der Waals surface area contributed by atoms with Gasteiger partial charge in [-0.2, -0.15) is 0 Å². The van der Waals surface area contributed by atoms with Gasteiger partial charge in [0.25, 0.3) is 0 Å². The SMILES string of the molecule is C=C[C@H]1[C@H]2C=C([Si](C)(C)C)C(=O)[C@@H]1Cc1ccccc1C2. The predicted octanol–water partition coefficient (Wildman–Crippen LogP) is 4.21. The van der Waals surface area contributed by atoms with Gasteiger partial charge in [0.2, 0.25) is 0 Å². The highest BCUT2D eigenvalue weighted by Crippen LogP contribution is 2.42. The standard InChI is InChI=1S/C19H24OSi/c1-5-16-15-10-13-8-6-7-9-14(13)11-17(16)19(20)18(12-15)21(2,3)4/h5-9,12,15-17H,1,10-11H2,2-4H3/t15-,16+,17-/m1/s1. The minimum absolute atomic E-state index is 0.0999. The third kappa shape index (κ3) is 2.46. The monoisotopic (exact) mass is 296 g/mol.